The van der Waals surface area contributed by atoms with Crippen LogP contribution < -0.4 is 5.56 Å². The number of para-hydroxylation sites is 4. The Hall–Kier alpha value is -7.69. The van der Waals surface area contributed by atoms with Gasteiger partial charge in [-0.1, -0.05) is 141 Å². The molecule has 4 aromatic heterocycles. The number of hydrogen-bond donors (Lipinski definition) is 0. The van der Waals surface area contributed by atoms with Gasteiger partial charge in [0.15, 0.2) is 0 Å². The van der Waals surface area contributed by atoms with Crippen molar-refractivity contribution in [2.45, 2.75) is 27.7 Å². The second-order valence-electron chi connectivity index (χ2n) is 15.5. The zero-order valence-corrected chi connectivity index (χ0v) is 34.6. The molecule has 0 atom stereocenters. The molecule has 4 nitrogen and oxygen atoms in total. The van der Waals surface area contributed by atoms with E-state index in [1.165, 1.54) is 43.7 Å². The predicted octanol–water partition coefficient (Wildman–Crippen LogP) is 15.2. The Morgan fingerprint density at radius 1 is 0.459 bits per heavy atom. The molecule has 8 aromatic carbocycles. The van der Waals surface area contributed by atoms with E-state index in [0.717, 1.165) is 71.5 Å². The Kier molecular flexibility index (Phi) is 8.50. The molecule has 0 fully saturated rings. The van der Waals surface area contributed by atoms with Crippen molar-refractivity contribution in [3.8, 4) is 27.9 Å². The van der Waals surface area contributed by atoms with Gasteiger partial charge in [0.1, 0.15) is 0 Å². The number of rotatable bonds is 5. The maximum absolute atomic E-state index is 14.7. The molecule has 0 unspecified atom stereocenters. The van der Waals surface area contributed by atoms with Crippen molar-refractivity contribution in [2.24, 2.45) is 0 Å². The first-order valence-corrected chi connectivity index (χ1v) is 21.3. The van der Waals surface area contributed by atoms with Gasteiger partial charge in [0, 0.05) is 49.1 Å². The minimum Gasteiger partial charge on any atom is -0.310 e. The molecule has 12 rings (SSSR count). The number of pyridine rings is 1. The van der Waals surface area contributed by atoms with Crippen LogP contribution in [0.2, 0.25) is 0 Å². The second kappa shape index (κ2) is 14.2. The number of hydrogen-bond acceptors (Lipinski definition) is 1. The van der Waals surface area contributed by atoms with Crippen LogP contribution in [0.5, 0.6) is 0 Å². The summed E-state index contributed by atoms with van der Waals surface area (Å²) in [5, 5.41) is 9.88. The van der Waals surface area contributed by atoms with Crippen LogP contribution in [0, 0.1) is 0 Å². The summed E-state index contributed by atoms with van der Waals surface area (Å²) in [6.45, 7) is 8.17. The number of aromatic nitrogens is 3. The van der Waals surface area contributed by atoms with Gasteiger partial charge in [0.05, 0.1) is 38.5 Å². The van der Waals surface area contributed by atoms with Crippen LogP contribution >= 0.6 is 0 Å². The van der Waals surface area contributed by atoms with Crippen LogP contribution in [0.3, 0.4) is 0 Å². The van der Waals surface area contributed by atoms with Crippen molar-refractivity contribution in [2.75, 3.05) is 0 Å². The summed E-state index contributed by atoms with van der Waals surface area (Å²) < 4.78 is 6.66. The Morgan fingerprint density at radius 3 is 1.70 bits per heavy atom. The van der Waals surface area contributed by atoms with E-state index in [-0.39, 0.29) is 5.56 Å². The quantitative estimate of drug-likeness (QED) is 0.126. The van der Waals surface area contributed by atoms with E-state index in [1.54, 1.807) is 0 Å². The Balaban J connectivity index is 0.00000207. The third kappa shape index (κ3) is 5.28. The molecule has 4 heteroatoms. The standard InChI is InChI=1S/C55H37N3O.C2H6/c1-3-14-37(4-2)56-48-24-8-6-18-41(48)46-32-34(27-29-51(46)56)35-28-30-52-47(33-35)42-19-7-9-25-49(42)57(52)38-16-11-15-36(31-38)39-20-12-21-43-45-23-13-22-44-40-17-5-10-26-50(40)58(54(44)45)55(59)53(39)43;1-2/h3-33H,1-2H3;1-2H3/b14-3-,37-4+;. The van der Waals surface area contributed by atoms with Crippen LogP contribution in [-0.4, -0.2) is 13.5 Å². The van der Waals surface area contributed by atoms with E-state index in [9.17, 15) is 4.79 Å². The maximum Gasteiger partial charge on any atom is 0.264 e. The fraction of sp³-hybridized carbons (Fsp3) is 0.0702. The molecule has 0 saturated heterocycles. The topological polar surface area (TPSA) is 31.3 Å². The van der Waals surface area contributed by atoms with E-state index in [4.69, 9.17) is 0 Å². The number of benzene rings is 8. The van der Waals surface area contributed by atoms with Crippen molar-refractivity contribution in [3.05, 3.63) is 198 Å². The highest BCUT2D eigenvalue weighted by atomic mass is 16.1. The van der Waals surface area contributed by atoms with E-state index >= 15 is 0 Å². The van der Waals surface area contributed by atoms with Gasteiger partial charge in [-0.3, -0.25) is 9.20 Å². The lowest BCUT2D eigenvalue weighted by Gasteiger charge is -2.13. The Morgan fingerprint density at radius 2 is 0.984 bits per heavy atom. The molecule has 0 aliphatic heterocycles. The highest BCUT2D eigenvalue weighted by Gasteiger charge is 2.20. The summed E-state index contributed by atoms with van der Waals surface area (Å²) in [6, 6.07) is 60.7. The molecule has 0 radical (unpaired) electrons. The summed E-state index contributed by atoms with van der Waals surface area (Å²) in [5.74, 6) is 0. The first kappa shape index (κ1) is 36.4. The summed E-state index contributed by atoms with van der Waals surface area (Å²) >= 11 is 0. The van der Waals surface area contributed by atoms with Gasteiger partial charge in [-0.05, 0) is 102 Å². The third-order valence-corrected chi connectivity index (χ3v) is 12.5. The Bertz CT molecular complexity index is 3830. The predicted molar refractivity (Wildman–Crippen MR) is 262 cm³/mol. The van der Waals surface area contributed by atoms with Crippen molar-refractivity contribution >= 4 is 87.3 Å². The first-order chi connectivity index (χ1) is 30.1. The lowest BCUT2D eigenvalue weighted by Crippen LogP contribution is -2.13. The van der Waals surface area contributed by atoms with E-state index in [1.807, 2.05) is 30.4 Å². The fourth-order valence-corrected chi connectivity index (χ4v) is 9.95. The third-order valence-electron chi connectivity index (χ3n) is 12.5. The average Bonchev–Trinajstić information content (AvgIpc) is 3.96. The highest BCUT2D eigenvalue weighted by Crippen LogP contribution is 2.40. The summed E-state index contributed by atoms with van der Waals surface area (Å²) in [6.07, 6.45) is 6.45. The van der Waals surface area contributed by atoms with Crippen molar-refractivity contribution in [1.29, 1.82) is 0 Å². The van der Waals surface area contributed by atoms with Crippen LogP contribution in [0.4, 0.5) is 0 Å². The lowest BCUT2D eigenvalue weighted by molar-refractivity contribution is 1.18. The average molecular weight is 786 g/mol. The van der Waals surface area contributed by atoms with Gasteiger partial charge in [-0.2, -0.15) is 0 Å². The molecule has 12 aromatic rings. The molecule has 4 heterocycles. The fourth-order valence-electron chi connectivity index (χ4n) is 9.95. The van der Waals surface area contributed by atoms with Crippen LogP contribution in [0.25, 0.3) is 115 Å². The largest absolute Gasteiger partial charge is 0.310 e. The minimum absolute atomic E-state index is 0.0121. The molecule has 0 N–H and O–H groups in total. The van der Waals surface area contributed by atoms with Crippen molar-refractivity contribution in [1.82, 2.24) is 13.5 Å². The summed E-state index contributed by atoms with van der Waals surface area (Å²) in [5.41, 5.74) is 13.1. The number of fused-ring (bicyclic) bond motifs is 11. The molecule has 0 saturated carbocycles. The van der Waals surface area contributed by atoms with E-state index in [2.05, 4.69) is 199 Å². The van der Waals surface area contributed by atoms with Gasteiger partial charge in [-0.25, -0.2) is 0 Å². The first-order valence-electron chi connectivity index (χ1n) is 21.3. The van der Waals surface area contributed by atoms with Gasteiger partial charge < -0.3 is 9.13 Å². The maximum atomic E-state index is 14.7. The minimum atomic E-state index is 0.0121. The van der Waals surface area contributed by atoms with Crippen LogP contribution in [0.1, 0.15) is 27.7 Å². The van der Waals surface area contributed by atoms with Gasteiger partial charge in [0.25, 0.3) is 5.56 Å². The SMILES string of the molecule is C/C=C\C(=C/C)n1c2ccccc2c2cc(-c3ccc4c(c3)c3ccccc3n4-c3cccc(-c4cccc5c4c(=O)n4c6ccccc6c6cccc5c64)c3)ccc21.CC. The van der Waals surface area contributed by atoms with E-state index < -0.39 is 0 Å². The van der Waals surface area contributed by atoms with Gasteiger partial charge in [0.2, 0.25) is 0 Å². The Labute approximate surface area is 353 Å². The highest BCUT2D eigenvalue weighted by molar-refractivity contribution is 6.22. The van der Waals surface area contributed by atoms with Gasteiger partial charge >= 0.3 is 0 Å². The lowest BCUT2D eigenvalue weighted by atomic mass is 9.96. The molecule has 0 spiro atoms. The second-order valence-corrected chi connectivity index (χ2v) is 15.5. The number of nitrogens with zero attached hydrogens (tertiary/aromatic N) is 3. The van der Waals surface area contributed by atoms with Crippen molar-refractivity contribution in [3.63, 3.8) is 0 Å². The zero-order valence-electron chi connectivity index (χ0n) is 34.6. The van der Waals surface area contributed by atoms with E-state index in [0.29, 0.717) is 0 Å². The molecule has 0 aliphatic rings. The molecule has 61 heavy (non-hydrogen) atoms. The molecule has 292 valence electrons. The summed E-state index contributed by atoms with van der Waals surface area (Å²) in [7, 11) is 0. The molecular formula is C57H43N3O. The molecule has 0 aliphatic carbocycles. The molecular weight excluding hydrogens is 743 g/mol. The monoisotopic (exact) mass is 785 g/mol. The van der Waals surface area contributed by atoms with Crippen molar-refractivity contribution < 1.29 is 0 Å². The smallest absolute Gasteiger partial charge is 0.264 e. The summed E-state index contributed by atoms with van der Waals surface area (Å²) in [4.78, 5) is 14.7. The normalized spacial score (nSPS) is 12.4. The van der Waals surface area contributed by atoms with Crippen LogP contribution in [-0.2, 0) is 0 Å². The number of allylic oxidation sites excluding steroid dienone is 4. The zero-order chi connectivity index (χ0) is 41.4. The molecule has 0 bridgehead atoms. The molecule has 0 amide bonds. The van der Waals surface area contributed by atoms with Gasteiger partial charge in [-0.15, -0.1) is 0 Å². The van der Waals surface area contributed by atoms with Crippen LogP contribution in [0.15, 0.2) is 193 Å².